The normalized spacial score (nSPS) is 10.3. The van der Waals surface area contributed by atoms with Gasteiger partial charge in [0.1, 0.15) is 0 Å². The lowest BCUT2D eigenvalue weighted by atomic mass is 10.3. The average Bonchev–Trinajstić information content (AvgIpc) is 2.48. The van der Waals surface area contributed by atoms with E-state index in [0.717, 1.165) is 0 Å². The summed E-state index contributed by atoms with van der Waals surface area (Å²) in [4.78, 5) is 13.6. The number of hydrogen-bond acceptors (Lipinski definition) is 4. The summed E-state index contributed by atoms with van der Waals surface area (Å²) in [5.41, 5.74) is 0.309. The number of aromatic nitrogens is 4. The summed E-state index contributed by atoms with van der Waals surface area (Å²) < 4.78 is 1.49. The Morgan fingerprint density at radius 1 is 1.50 bits per heavy atom. The molecule has 0 saturated carbocycles. The Balaban J connectivity index is 2.66. The molecule has 0 saturated heterocycles. The largest absolute Gasteiger partial charge is 0.335 e. The third-order valence-electron chi connectivity index (χ3n) is 1.71. The van der Waals surface area contributed by atoms with Gasteiger partial charge >= 0.3 is 0 Å². The van der Waals surface area contributed by atoms with Crippen LogP contribution in [0.25, 0.3) is 11.5 Å². The molecule has 0 atom stereocenters. The Bertz CT molecular complexity index is 566. The second-order valence-corrected chi connectivity index (χ2v) is 3.04. The molecule has 7 heteroatoms. The number of H-pyrrole nitrogens is 2. The van der Waals surface area contributed by atoms with Crippen molar-refractivity contribution < 1.29 is 0 Å². The minimum atomic E-state index is -0.212. The number of nitrogens with two attached hydrogens (primary N) is 1. The van der Waals surface area contributed by atoms with Gasteiger partial charge in [0, 0.05) is 6.07 Å². The third-order valence-corrected chi connectivity index (χ3v) is 2.00. The van der Waals surface area contributed by atoms with Gasteiger partial charge in [-0.15, -0.1) is 0 Å². The number of rotatable bonds is 1. The summed E-state index contributed by atoms with van der Waals surface area (Å²) in [5.74, 6) is 5.98. The summed E-state index contributed by atoms with van der Waals surface area (Å²) in [6.07, 6.45) is 0. The number of nitrogens with zero attached hydrogens (tertiary/aromatic N) is 2. The topological polar surface area (TPSA) is 92.5 Å². The van der Waals surface area contributed by atoms with Crippen molar-refractivity contribution in [2.24, 2.45) is 0 Å². The average molecular weight is 209 g/mol. The maximum Gasteiger partial charge on any atom is 0.248 e. The Kier molecular flexibility index (Phi) is 1.93. The molecule has 14 heavy (non-hydrogen) atoms. The minimum absolute atomic E-state index is 0.212. The predicted octanol–water partition coefficient (Wildman–Crippen LogP) is 0.00979. The molecule has 0 aliphatic heterocycles. The number of nitrogen functional groups attached to an aromatic ring is 1. The monoisotopic (exact) mass is 209 g/mol. The molecule has 0 amide bonds. The Labute approximate surface area is 83.4 Å². The highest BCUT2D eigenvalue weighted by atomic mass is 32.1. The van der Waals surface area contributed by atoms with Crippen LogP contribution in [0.3, 0.4) is 0 Å². The first kappa shape index (κ1) is 8.70. The Hall–Kier alpha value is -1.89. The lowest BCUT2D eigenvalue weighted by Crippen LogP contribution is -2.12. The number of nitrogens with one attached hydrogen (secondary N) is 2. The van der Waals surface area contributed by atoms with Gasteiger partial charge in [-0.1, -0.05) is 6.07 Å². The van der Waals surface area contributed by atoms with Crippen LogP contribution in [0, 0.1) is 4.77 Å². The van der Waals surface area contributed by atoms with Crippen LogP contribution in [0.5, 0.6) is 0 Å². The lowest BCUT2D eigenvalue weighted by Gasteiger charge is -1.98. The zero-order chi connectivity index (χ0) is 10.1. The molecule has 0 spiro atoms. The maximum absolute atomic E-state index is 11.0. The minimum Gasteiger partial charge on any atom is -0.335 e. The maximum atomic E-state index is 11.0. The predicted molar refractivity (Wildman–Crippen MR) is 53.6 cm³/mol. The second-order valence-electron chi connectivity index (χ2n) is 2.65. The van der Waals surface area contributed by atoms with Crippen molar-refractivity contribution in [3.05, 3.63) is 33.3 Å². The van der Waals surface area contributed by atoms with E-state index in [2.05, 4.69) is 15.2 Å². The molecule has 2 heterocycles. The van der Waals surface area contributed by atoms with Gasteiger partial charge < -0.3 is 10.8 Å². The van der Waals surface area contributed by atoms with Gasteiger partial charge in [-0.25, -0.2) is 9.77 Å². The van der Waals surface area contributed by atoms with Crippen molar-refractivity contribution in [1.29, 1.82) is 0 Å². The third kappa shape index (κ3) is 1.33. The van der Waals surface area contributed by atoms with E-state index in [1.54, 1.807) is 12.1 Å². The molecule has 0 aliphatic rings. The highest BCUT2D eigenvalue weighted by Gasteiger charge is 2.05. The van der Waals surface area contributed by atoms with Gasteiger partial charge in [0.05, 0.1) is 5.69 Å². The SMILES string of the molecule is Nn1c(-c2cccc(=O)[nH]2)n[nH]c1=S. The highest BCUT2D eigenvalue weighted by molar-refractivity contribution is 7.71. The molecule has 0 unspecified atom stereocenters. The van der Waals surface area contributed by atoms with Gasteiger partial charge in [-0.05, 0) is 18.3 Å². The zero-order valence-electron chi connectivity index (χ0n) is 7.02. The standard InChI is InChI=1S/C7H7N5OS/c8-12-6(10-11-7(12)14)4-2-1-3-5(13)9-4/h1-3H,8H2,(H,9,13)(H,11,14). The molecule has 2 rings (SSSR count). The van der Waals surface area contributed by atoms with Crippen LogP contribution in [0.2, 0.25) is 0 Å². The number of aromatic amines is 2. The van der Waals surface area contributed by atoms with Crippen LogP contribution < -0.4 is 11.4 Å². The zero-order valence-corrected chi connectivity index (χ0v) is 7.84. The van der Waals surface area contributed by atoms with Gasteiger partial charge in [0.15, 0.2) is 5.82 Å². The summed E-state index contributed by atoms with van der Waals surface area (Å²) in [7, 11) is 0. The van der Waals surface area contributed by atoms with E-state index in [0.29, 0.717) is 16.3 Å². The van der Waals surface area contributed by atoms with E-state index in [1.165, 1.54) is 10.7 Å². The van der Waals surface area contributed by atoms with Gasteiger partial charge in [-0.2, -0.15) is 5.10 Å². The van der Waals surface area contributed by atoms with Crippen molar-refractivity contribution in [2.45, 2.75) is 0 Å². The van der Waals surface area contributed by atoms with Crippen molar-refractivity contribution in [3.8, 4) is 11.5 Å². The summed E-state index contributed by atoms with van der Waals surface area (Å²) in [5, 5.41) is 6.40. The molecular weight excluding hydrogens is 202 g/mol. The van der Waals surface area contributed by atoms with E-state index >= 15 is 0 Å². The molecule has 0 aromatic carbocycles. The van der Waals surface area contributed by atoms with E-state index in [-0.39, 0.29) is 5.56 Å². The Morgan fingerprint density at radius 3 is 2.86 bits per heavy atom. The van der Waals surface area contributed by atoms with Crippen LogP contribution in [0.4, 0.5) is 0 Å². The highest BCUT2D eigenvalue weighted by Crippen LogP contribution is 2.08. The molecule has 2 aromatic heterocycles. The molecular formula is C7H7N5OS. The van der Waals surface area contributed by atoms with Crippen molar-refractivity contribution in [3.63, 3.8) is 0 Å². The van der Waals surface area contributed by atoms with Gasteiger partial charge in [0.2, 0.25) is 10.3 Å². The second kappa shape index (κ2) is 3.11. The molecule has 72 valence electrons. The molecule has 0 fully saturated rings. The molecule has 0 radical (unpaired) electrons. The summed E-state index contributed by atoms with van der Waals surface area (Å²) in [6, 6.07) is 4.72. The van der Waals surface area contributed by atoms with Gasteiger partial charge in [0.25, 0.3) is 0 Å². The Morgan fingerprint density at radius 2 is 2.29 bits per heavy atom. The molecule has 0 bridgehead atoms. The van der Waals surface area contributed by atoms with Crippen LogP contribution in [-0.4, -0.2) is 19.9 Å². The fourth-order valence-corrected chi connectivity index (χ4v) is 1.21. The summed E-state index contributed by atoms with van der Waals surface area (Å²) >= 11 is 4.83. The molecule has 2 aromatic rings. The lowest BCUT2D eigenvalue weighted by molar-refractivity contribution is 0.975. The molecule has 0 aliphatic carbocycles. The van der Waals surface area contributed by atoms with Gasteiger partial charge in [-0.3, -0.25) is 4.79 Å². The van der Waals surface area contributed by atoms with Crippen LogP contribution >= 0.6 is 12.2 Å². The van der Waals surface area contributed by atoms with Crippen LogP contribution in [-0.2, 0) is 0 Å². The van der Waals surface area contributed by atoms with E-state index in [9.17, 15) is 4.79 Å². The van der Waals surface area contributed by atoms with Crippen molar-refractivity contribution in [1.82, 2.24) is 19.9 Å². The first-order valence-electron chi connectivity index (χ1n) is 3.80. The van der Waals surface area contributed by atoms with Crippen LogP contribution in [0.1, 0.15) is 0 Å². The molecule has 6 nitrogen and oxygen atoms in total. The van der Waals surface area contributed by atoms with E-state index < -0.39 is 0 Å². The fourth-order valence-electron chi connectivity index (χ4n) is 1.07. The van der Waals surface area contributed by atoms with Crippen molar-refractivity contribution in [2.75, 3.05) is 5.84 Å². The number of pyridine rings is 1. The number of hydrogen-bond donors (Lipinski definition) is 3. The van der Waals surface area contributed by atoms with Crippen LogP contribution in [0.15, 0.2) is 23.0 Å². The smallest absolute Gasteiger partial charge is 0.248 e. The quantitative estimate of drug-likeness (QED) is 0.455. The van der Waals surface area contributed by atoms with Crippen molar-refractivity contribution >= 4 is 12.2 Å². The molecule has 4 N–H and O–H groups in total. The van der Waals surface area contributed by atoms with E-state index in [4.69, 9.17) is 18.1 Å². The first-order valence-corrected chi connectivity index (χ1v) is 4.21. The first-order chi connectivity index (χ1) is 6.68. The van der Waals surface area contributed by atoms with E-state index in [1.807, 2.05) is 0 Å². The summed E-state index contributed by atoms with van der Waals surface area (Å²) in [6.45, 7) is 0. The fraction of sp³-hybridized carbons (Fsp3) is 0.